The lowest BCUT2D eigenvalue weighted by Crippen LogP contribution is -1.99. The number of halogens is 1. The smallest absolute Gasteiger partial charge is 0.134 e. The summed E-state index contributed by atoms with van der Waals surface area (Å²) in [5.74, 6) is 0. The zero-order valence-electron chi connectivity index (χ0n) is 16.1. The molecule has 0 radical (unpaired) electrons. The summed E-state index contributed by atoms with van der Waals surface area (Å²) in [6, 6.07) is 22.1. The van der Waals surface area contributed by atoms with E-state index in [0.29, 0.717) is 15.6 Å². The molecular formula is C24H18ClN3S. The van der Waals surface area contributed by atoms with Gasteiger partial charge >= 0.3 is 0 Å². The highest BCUT2D eigenvalue weighted by molar-refractivity contribution is 7.11. The summed E-state index contributed by atoms with van der Waals surface area (Å²) in [6.45, 7) is 4.07. The average molecular weight is 416 g/mol. The van der Waals surface area contributed by atoms with E-state index in [0.717, 1.165) is 33.9 Å². The molecule has 142 valence electrons. The second-order valence-electron chi connectivity index (χ2n) is 6.69. The largest absolute Gasteiger partial charge is 0.316 e. The van der Waals surface area contributed by atoms with Crippen molar-refractivity contribution < 1.29 is 0 Å². The molecule has 0 N–H and O–H groups in total. The van der Waals surface area contributed by atoms with Crippen LogP contribution in [0.5, 0.6) is 0 Å². The van der Waals surface area contributed by atoms with Crippen molar-refractivity contribution in [3.63, 3.8) is 0 Å². The first-order chi connectivity index (χ1) is 14.1. The Hall–Kier alpha value is -3.13. The van der Waals surface area contributed by atoms with Crippen LogP contribution < -0.4 is 0 Å². The molecule has 3 nitrogen and oxygen atoms in total. The molecule has 0 aliphatic heterocycles. The summed E-state index contributed by atoms with van der Waals surface area (Å²) >= 11 is 7.89. The summed E-state index contributed by atoms with van der Waals surface area (Å²) in [5, 5.41) is 13.2. The van der Waals surface area contributed by atoms with Gasteiger partial charge in [0.2, 0.25) is 0 Å². The van der Waals surface area contributed by atoms with Crippen LogP contribution in [0.1, 0.15) is 22.0 Å². The van der Waals surface area contributed by atoms with Gasteiger partial charge in [-0.15, -0.1) is 11.3 Å². The maximum Gasteiger partial charge on any atom is 0.134 e. The molecule has 0 fully saturated rings. The molecule has 4 rings (SSSR count). The highest BCUT2D eigenvalue weighted by Crippen LogP contribution is 2.30. The topological polar surface area (TPSA) is 41.6 Å². The van der Waals surface area contributed by atoms with Gasteiger partial charge in [-0.2, -0.15) is 5.26 Å². The van der Waals surface area contributed by atoms with Crippen LogP contribution in [0.2, 0.25) is 5.02 Å². The first-order valence-corrected chi connectivity index (χ1v) is 10.4. The average Bonchev–Trinajstić information content (AvgIpc) is 3.33. The second-order valence-corrected chi connectivity index (χ2v) is 7.95. The second kappa shape index (κ2) is 8.08. The lowest BCUT2D eigenvalue weighted by atomic mass is 10.1. The fourth-order valence-corrected chi connectivity index (χ4v) is 4.39. The Bertz CT molecular complexity index is 1240. The van der Waals surface area contributed by atoms with Crippen molar-refractivity contribution in [1.29, 1.82) is 5.26 Å². The van der Waals surface area contributed by atoms with E-state index >= 15 is 0 Å². The molecule has 0 spiro atoms. The van der Waals surface area contributed by atoms with Gasteiger partial charge in [0.1, 0.15) is 11.1 Å². The van der Waals surface area contributed by atoms with Crippen LogP contribution in [0.15, 0.2) is 66.0 Å². The first kappa shape index (κ1) is 19.2. The third-order valence-electron chi connectivity index (χ3n) is 4.79. The number of para-hydroxylation sites is 1. The number of thiazole rings is 1. The molecule has 2 heterocycles. The third kappa shape index (κ3) is 3.75. The zero-order chi connectivity index (χ0) is 20.4. The van der Waals surface area contributed by atoms with Gasteiger partial charge in [0.15, 0.2) is 0 Å². The molecule has 0 unspecified atom stereocenters. The predicted octanol–water partition coefficient (Wildman–Crippen LogP) is 6.94. The maximum atomic E-state index is 9.77. The Morgan fingerprint density at radius 3 is 2.55 bits per heavy atom. The van der Waals surface area contributed by atoms with E-state index in [1.54, 1.807) is 0 Å². The monoisotopic (exact) mass is 415 g/mol. The Morgan fingerprint density at radius 1 is 1.10 bits per heavy atom. The van der Waals surface area contributed by atoms with E-state index in [9.17, 15) is 5.26 Å². The Labute approximate surface area is 179 Å². The molecule has 2 aromatic carbocycles. The molecule has 0 saturated heterocycles. The minimum absolute atomic E-state index is 0.552. The highest BCUT2D eigenvalue weighted by atomic mass is 35.5. The number of hydrogen-bond donors (Lipinski definition) is 0. The molecule has 29 heavy (non-hydrogen) atoms. The number of allylic oxidation sites excluding steroid dienone is 1. The van der Waals surface area contributed by atoms with Crippen LogP contribution in [0, 0.1) is 25.2 Å². The summed E-state index contributed by atoms with van der Waals surface area (Å²) in [5.41, 5.74) is 6.49. The molecule has 2 aromatic heterocycles. The van der Waals surface area contributed by atoms with E-state index in [4.69, 9.17) is 11.6 Å². The quantitative estimate of drug-likeness (QED) is 0.339. The first-order valence-electron chi connectivity index (χ1n) is 9.15. The fourth-order valence-electron chi connectivity index (χ4n) is 3.37. The van der Waals surface area contributed by atoms with E-state index in [2.05, 4.69) is 21.7 Å². The molecule has 0 atom stereocenters. The SMILES string of the molecule is Cc1cc(/C=C(\C#N)c2nc(-c3ccccc3)cs2)c(C)n1-c1ccccc1Cl. The van der Waals surface area contributed by atoms with E-state index in [-0.39, 0.29) is 0 Å². The number of nitrogens with zero attached hydrogens (tertiary/aromatic N) is 3. The molecule has 0 aliphatic carbocycles. The van der Waals surface area contributed by atoms with E-state index in [1.165, 1.54) is 11.3 Å². The van der Waals surface area contributed by atoms with E-state index in [1.807, 2.05) is 79.9 Å². The Morgan fingerprint density at radius 2 is 1.83 bits per heavy atom. The molecule has 0 aliphatic rings. The standard InChI is InChI=1S/C24H18ClN3S/c1-16-12-19(17(2)28(16)23-11-7-6-10-21(23)25)13-20(14-26)24-27-22(15-29-24)18-8-4-3-5-9-18/h3-13,15H,1-2H3/b20-13+. The lowest BCUT2D eigenvalue weighted by molar-refractivity contribution is 0.965. The van der Waals surface area contributed by atoms with Crippen molar-refractivity contribution >= 4 is 34.6 Å². The number of benzene rings is 2. The summed E-state index contributed by atoms with van der Waals surface area (Å²) < 4.78 is 2.11. The number of hydrogen-bond acceptors (Lipinski definition) is 3. The number of nitriles is 1. The third-order valence-corrected chi connectivity index (χ3v) is 5.98. The van der Waals surface area contributed by atoms with Crippen LogP contribution >= 0.6 is 22.9 Å². The molecule has 5 heteroatoms. The van der Waals surface area contributed by atoms with E-state index < -0.39 is 0 Å². The van der Waals surface area contributed by atoms with Crippen LogP contribution in [0.25, 0.3) is 28.6 Å². The predicted molar refractivity (Wildman–Crippen MR) is 121 cm³/mol. The van der Waals surface area contributed by atoms with Crippen molar-refractivity contribution in [3.8, 4) is 23.0 Å². The normalized spacial score (nSPS) is 11.4. The van der Waals surface area contributed by atoms with Crippen LogP contribution in [0.4, 0.5) is 0 Å². The van der Waals surface area contributed by atoms with Gasteiger partial charge in [-0.05, 0) is 43.7 Å². The molecular weight excluding hydrogens is 398 g/mol. The van der Waals surface area contributed by atoms with Crippen LogP contribution in [-0.4, -0.2) is 9.55 Å². The van der Waals surface area contributed by atoms with Gasteiger partial charge in [-0.1, -0.05) is 54.1 Å². The summed E-state index contributed by atoms with van der Waals surface area (Å²) in [7, 11) is 0. The number of rotatable bonds is 4. The molecule has 0 bridgehead atoms. The Balaban J connectivity index is 1.74. The zero-order valence-corrected chi connectivity index (χ0v) is 17.6. The lowest BCUT2D eigenvalue weighted by Gasteiger charge is -2.11. The van der Waals surface area contributed by atoms with Gasteiger partial charge in [-0.3, -0.25) is 0 Å². The minimum atomic E-state index is 0.552. The summed E-state index contributed by atoms with van der Waals surface area (Å²) in [4.78, 5) is 4.68. The number of aromatic nitrogens is 2. The van der Waals surface area contributed by atoms with Crippen LogP contribution in [0.3, 0.4) is 0 Å². The molecule has 4 aromatic rings. The van der Waals surface area contributed by atoms with Crippen molar-refractivity contribution in [1.82, 2.24) is 9.55 Å². The highest BCUT2D eigenvalue weighted by Gasteiger charge is 2.14. The fraction of sp³-hybridized carbons (Fsp3) is 0.0833. The summed E-state index contributed by atoms with van der Waals surface area (Å²) in [6.07, 6.45) is 1.91. The van der Waals surface area contributed by atoms with Crippen molar-refractivity contribution in [3.05, 3.63) is 93.0 Å². The van der Waals surface area contributed by atoms with Gasteiger partial charge in [0, 0.05) is 22.3 Å². The Kier molecular flexibility index (Phi) is 5.35. The number of aryl methyl sites for hydroxylation is 1. The van der Waals surface area contributed by atoms with Crippen molar-refractivity contribution in [2.24, 2.45) is 0 Å². The van der Waals surface area contributed by atoms with Gasteiger partial charge in [-0.25, -0.2) is 4.98 Å². The maximum absolute atomic E-state index is 9.77. The molecule has 0 saturated carbocycles. The molecule has 0 amide bonds. The van der Waals surface area contributed by atoms with Gasteiger partial charge in [0.25, 0.3) is 0 Å². The van der Waals surface area contributed by atoms with Gasteiger partial charge < -0.3 is 4.57 Å². The van der Waals surface area contributed by atoms with Crippen LogP contribution in [-0.2, 0) is 0 Å². The van der Waals surface area contributed by atoms with Crippen molar-refractivity contribution in [2.75, 3.05) is 0 Å². The minimum Gasteiger partial charge on any atom is -0.316 e. The van der Waals surface area contributed by atoms with Gasteiger partial charge in [0.05, 0.1) is 22.0 Å². The van der Waals surface area contributed by atoms with Crippen molar-refractivity contribution in [2.45, 2.75) is 13.8 Å².